The fourth-order valence-electron chi connectivity index (χ4n) is 10.1. The molecule has 6 aromatic rings. The monoisotopic (exact) mass is 1030 g/mol. The van der Waals surface area contributed by atoms with E-state index in [0.717, 1.165) is 20.9 Å². The number of ether oxygens (including phenoxy) is 8. The Balaban J connectivity index is 1.12. The van der Waals surface area contributed by atoms with Crippen molar-refractivity contribution >= 4 is 29.6 Å². The molecule has 4 aliphatic heterocycles. The molecule has 18 nitrogen and oxygen atoms in total. The van der Waals surface area contributed by atoms with Gasteiger partial charge in [0.15, 0.2) is 18.6 Å². The van der Waals surface area contributed by atoms with Crippen LogP contribution in [-0.2, 0) is 69.1 Å². The van der Waals surface area contributed by atoms with E-state index >= 15 is 0 Å². The molecule has 76 heavy (non-hydrogen) atoms. The maximum Gasteiger partial charge on any atom is 0.303 e. The van der Waals surface area contributed by atoms with Crippen LogP contribution in [0.1, 0.15) is 70.6 Å². The van der Waals surface area contributed by atoms with E-state index in [9.17, 15) is 29.5 Å². The molecule has 0 saturated carbocycles. The summed E-state index contributed by atoms with van der Waals surface area (Å²) in [6, 6.07) is 46.6. The van der Waals surface area contributed by atoms with Gasteiger partial charge >= 0.3 is 5.97 Å². The molecule has 10 rings (SSSR count). The van der Waals surface area contributed by atoms with Crippen molar-refractivity contribution in [3.63, 3.8) is 0 Å². The lowest BCUT2D eigenvalue weighted by atomic mass is 9.92. The highest BCUT2D eigenvalue weighted by Crippen LogP contribution is 2.41. The van der Waals surface area contributed by atoms with Crippen molar-refractivity contribution in [1.29, 1.82) is 0 Å². The Kier molecular flexibility index (Phi) is 16.1. The van der Waals surface area contributed by atoms with Crippen LogP contribution >= 0.6 is 0 Å². The number of benzene rings is 6. The number of nitrogens with zero attached hydrogens (tertiary/aromatic N) is 5. The zero-order valence-electron chi connectivity index (χ0n) is 41.2. The van der Waals surface area contributed by atoms with Gasteiger partial charge in [-0.2, -0.15) is 0 Å². The topological polar surface area (TPSA) is 214 Å². The van der Waals surface area contributed by atoms with E-state index in [1.807, 2.05) is 121 Å². The van der Waals surface area contributed by atoms with Crippen molar-refractivity contribution in [2.45, 2.75) is 94.6 Å². The number of carbonyl (C=O) groups excluding carboxylic acids is 5. The van der Waals surface area contributed by atoms with Gasteiger partial charge in [-0.05, 0) is 52.1 Å². The third-order valence-corrected chi connectivity index (χ3v) is 13.6. The highest BCUT2D eigenvalue weighted by atomic mass is 16.7. The Labute approximate surface area is 437 Å². The second kappa shape index (κ2) is 23.8. The van der Waals surface area contributed by atoms with Crippen LogP contribution < -0.4 is 0 Å². The van der Waals surface area contributed by atoms with Gasteiger partial charge in [0.05, 0.1) is 61.9 Å². The van der Waals surface area contributed by atoms with E-state index in [0.29, 0.717) is 11.1 Å². The summed E-state index contributed by atoms with van der Waals surface area (Å²) in [7, 11) is 0. The van der Waals surface area contributed by atoms with Gasteiger partial charge in [-0.25, -0.2) is 0 Å². The Bertz CT molecular complexity index is 3000. The van der Waals surface area contributed by atoms with Crippen LogP contribution in [0.3, 0.4) is 0 Å². The average Bonchev–Trinajstić information content (AvgIpc) is 3.94. The molecule has 10 atom stereocenters. The number of carbonyl (C=O) groups is 5. The first kappa shape index (κ1) is 51.6. The van der Waals surface area contributed by atoms with Crippen molar-refractivity contribution < 1.29 is 61.9 Å². The number of fused-ring (bicyclic) bond motifs is 2. The Morgan fingerprint density at radius 3 is 1.28 bits per heavy atom. The standard InChI is InChI=1S/C58H53N5O13/c1-36(64)73-49-46(35-70-31-38-20-8-3-9-21-38)75-58(48(52(49)72-33-40-24-12-5-13-25-40)63-56(67)43-28-16-17-29-44(43)57(63)68)76-50-45(34-69-30-37-18-6-2-7-19-37)74-53(60-61-59)47(51(50)71-32-39-22-10-4-11-23-39)62-54(65)41-26-14-15-27-42(41)55(62)66/h2-29,45-53,58H,30-35H2,1H3/t45-,46-,47-,48-,49-,50-,51-,52-,53-,58+/m1/s1. The largest absolute Gasteiger partial charge is 0.457 e. The lowest BCUT2D eigenvalue weighted by Crippen LogP contribution is -2.70. The summed E-state index contributed by atoms with van der Waals surface area (Å²) in [6.45, 7) is 0.752. The highest BCUT2D eigenvalue weighted by Gasteiger charge is 2.60. The lowest BCUT2D eigenvalue weighted by Gasteiger charge is -2.52. The molecule has 0 unspecified atom stereocenters. The van der Waals surface area contributed by atoms with Crippen LogP contribution in [0.15, 0.2) is 175 Å². The van der Waals surface area contributed by atoms with Gasteiger partial charge in [-0.15, -0.1) is 0 Å². The fraction of sp³-hybridized carbons (Fsp3) is 0.293. The summed E-state index contributed by atoms with van der Waals surface area (Å²) in [5, 5.41) is 4.05. The molecular weight excluding hydrogens is 975 g/mol. The molecular formula is C58H53N5O13. The third kappa shape index (κ3) is 11.1. The molecule has 388 valence electrons. The zero-order chi connectivity index (χ0) is 52.5. The van der Waals surface area contributed by atoms with Gasteiger partial charge in [-0.1, -0.05) is 151 Å². The van der Waals surface area contributed by atoms with Crippen molar-refractivity contribution in [1.82, 2.24) is 9.80 Å². The van der Waals surface area contributed by atoms with Crippen LogP contribution in [0.4, 0.5) is 0 Å². The molecule has 0 spiro atoms. The number of esters is 1. The number of hydrogen-bond acceptors (Lipinski definition) is 14. The number of rotatable bonds is 20. The molecule has 6 aromatic carbocycles. The molecule has 4 heterocycles. The number of hydrogen-bond donors (Lipinski definition) is 0. The van der Waals surface area contributed by atoms with Gasteiger partial charge in [-0.3, -0.25) is 33.8 Å². The number of imide groups is 2. The molecule has 4 amide bonds. The van der Waals surface area contributed by atoms with Crippen LogP contribution in [0.25, 0.3) is 10.4 Å². The fourth-order valence-corrected chi connectivity index (χ4v) is 10.1. The molecule has 2 saturated heterocycles. The summed E-state index contributed by atoms with van der Waals surface area (Å²) in [5.74, 6) is -3.53. The molecule has 0 aliphatic carbocycles. The zero-order valence-corrected chi connectivity index (χ0v) is 41.2. The van der Waals surface area contributed by atoms with Gasteiger partial charge in [0, 0.05) is 11.8 Å². The minimum absolute atomic E-state index is 0.0891. The molecule has 0 bridgehead atoms. The predicted molar refractivity (Wildman–Crippen MR) is 271 cm³/mol. The van der Waals surface area contributed by atoms with E-state index < -0.39 is 90.8 Å². The Morgan fingerprint density at radius 1 is 0.500 bits per heavy atom. The molecule has 0 radical (unpaired) electrons. The highest BCUT2D eigenvalue weighted by molar-refractivity contribution is 6.22. The van der Waals surface area contributed by atoms with E-state index in [1.54, 1.807) is 24.3 Å². The molecule has 4 aliphatic rings. The van der Waals surface area contributed by atoms with Crippen molar-refractivity contribution in [2.24, 2.45) is 5.11 Å². The minimum atomic E-state index is -1.70. The third-order valence-electron chi connectivity index (χ3n) is 13.6. The van der Waals surface area contributed by atoms with Crippen LogP contribution in [0.2, 0.25) is 0 Å². The van der Waals surface area contributed by atoms with Crippen LogP contribution in [0.5, 0.6) is 0 Å². The van der Waals surface area contributed by atoms with Gasteiger partial charge in [0.1, 0.15) is 42.6 Å². The lowest BCUT2D eigenvalue weighted by molar-refractivity contribution is -0.333. The van der Waals surface area contributed by atoms with Crippen LogP contribution in [-0.4, -0.2) is 114 Å². The first-order valence-electron chi connectivity index (χ1n) is 24.8. The average molecular weight is 1030 g/mol. The van der Waals surface area contributed by atoms with E-state index in [-0.39, 0.29) is 61.9 Å². The molecule has 0 N–H and O–H groups in total. The van der Waals surface area contributed by atoms with Crippen LogP contribution in [0, 0.1) is 0 Å². The Morgan fingerprint density at radius 2 is 0.868 bits per heavy atom. The van der Waals surface area contributed by atoms with Gasteiger partial charge in [0.25, 0.3) is 23.6 Å². The minimum Gasteiger partial charge on any atom is -0.457 e. The maximum absolute atomic E-state index is 14.9. The quantitative estimate of drug-likeness (QED) is 0.0233. The Hall–Kier alpha value is -7.90. The second-order valence-electron chi connectivity index (χ2n) is 18.5. The summed E-state index contributed by atoms with van der Waals surface area (Å²) >= 11 is 0. The van der Waals surface area contributed by atoms with Crippen molar-refractivity contribution in [2.75, 3.05) is 13.2 Å². The van der Waals surface area contributed by atoms with Crippen molar-refractivity contribution in [3.8, 4) is 0 Å². The summed E-state index contributed by atoms with van der Waals surface area (Å²) in [6.07, 6.45) is -11.3. The van der Waals surface area contributed by atoms with Crippen molar-refractivity contribution in [3.05, 3.63) is 225 Å². The first-order valence-corrected chi connectivity index (χ1v) is 24.8. The number of amides is 4. The smallest absolute Gasteiger partial charge is 0.303 e. The molecule has 2 fully saturated rings. The maximum atomic E-state index is 14.9. The predicted octanol–water partition coefficient (Wildman–Crippen LogP) is 8.00. The van der Waals surface area contributed by atoms with E-state index in [4.69, 9.17) is 37.9 Å². The van der Waals surface area contributed by atoms with Gasteiger partial charge in [0.2, 0.25) is 0 Å². The SMILES string of the molecule is CC(=O)O[C@H]1[C@H](OCc2ccccc2)[C@@H](N2C(=O)c3ccccc3C2=O)[C@H](O[C@H]2[C@H](OCc3ccccc3)[C@@H](N3C(=O)c4ccccc4C3=O)[C@H](N=[N+]=[N-])O[C@@H]2COCc2ccccc2)O[C@@H]1COCc1ccccc1. The summed E-state index contributed by atoms with van der Waals surface area (Å²) in [4.78, 5) is 77.4. The molecule has 0 aromatic heterocycles. The second-order valence-corrected chi connectivity index (χ2v) is 18.5. The normalized spacial score (nSPS) is 25.0. The number of azide groups is 1. The summed E-state index contributed by atoms with van der Waals surface area (Å²) in [5.41, 5.74) is 13.6. The van der Waals surface area contributed by atoms with Gasteiger partial charge < -0.3 is 37.9 Å². The summed E-state index contributed by atoms with van der Waals surface area (Å²) < 4.78 is 53.5. The van der Waals surface area contributed by atoms with E-state index in [2.05, 4.69) is 10.0 Å². The first-order chi connectivity index (χ1) is 37.2. The molecule has 18 heteroatoms. The van der Waals surface area contributed by atoms with E-state index in [1.165, 1.54) is 31.2 Å².